The van der Waals surface area contributed by atoms with Crippen LogP contribution in [0.4, 0.5) is 0 Å². The van der Waals surface area contributed by atoms with Crippen LogP contribution in [-0.4, -0.2) is 15.0 Å². The summed E-state index contributed by atoms with van der Waals surface area (Å²) in [4.78, 5) is 0. The molecule has 1 heterocycles. The van der Waals surface area contributed by atoms with Crippen LogP contribution in [-0.2, 0) is 6.61 Å². The van der Waals surface area contributed by atoms with Crippen molar-refractivity contribution in [3.05, 3.63) is 71.0 Å². The SMILES string of the molecule is Cc1cc(C)cc(-n2nnc(C#N)c2COc2ccccc2)c1. The van der Waals surface area contributed by atoms with E-state index in [4.69, 9.17) is 4.74 Å². The van der Waals surface area contributed by atoms with E-state index in [2.05, 4.69) is 22.4 Å². The Kier molecular flexibility index (Phi) is 4.07. The second-order valence-corrected chi connectivity index (χ2v) is 5.36. The molecule has 5 nitrogen and oxygen atoms in total. The molecule has 114 valence electrons. The maximum atomic E-state index is 9.26. The average molecular weight is 304 g/mol. The summed E-state index contributed by atoms with van der Waals surface area (Å²) < 4.78 is 7.43. The van der Waals surface area contributed by atoms with Crippen molar-refractivity contribution in [2.75, 3.05) is 0 Å². The summed E-state index contributed by atoms with van der Waals surface area (Å²) in [6.07, 6.45) is 0. The standard InChI is InChI=1S/C18H16N4O/c1-13-8-14(2)10-15(9-13)22-18(17(11-19)20-21-22)12-23-16-6-4-3-5-7-16/h3-10H,12H2,1-2H3. The summed E-state index contributed by atoms with van der Waals surface area (Å²) in [6, 6.07) is 17.7. The molecule has 0 amide bonds. The molecular formula is C18H16N4O. The number of ether oxygens (including phenoxy) is 1. The number of nitrogens with zero attached hydrogens (tertiary/aromatic N) is 4. The molecule has 0 atom stereocenters. The van der Waals surface area contributed by atoms with E-state index in [1.165, 1.54) is 0 Å². The first-order valence-corrected chi connectivity index (χ1v) is 7.28. The van der Waals surface area contributed by atoms with E-state index in [1.807, 2.05) is 56.3 Å². The molecule has 2 aromatic carbocycles. The Morgan fingerprint density at radius 2 is 1.78 bits per heavy atom. The molecule has 1 aromatic heterocycles. The number of nitriles is 1. The highest BCUT2D eigenvalue weighted by Gasteiger charge is 2.15. The molecule has 0 fully saturated rings. The van der Waals surface area contributed by atoms with Gasteiger partial charge >= 0.3 is 0 Å². The maximum Gasteiger partial charge on any atom is 0.189 e. The topological polar surface area (TPSA) is 63.7 Å². The second kappa shape index (κ2) is 6.32. The molecule has 0 saturated heterocycles. The summed E-state index contributed by atoms with van der Waals surface area (Å²) in [5.74, 6) is 0.740. The molecule has 0 spiro atoms. The number of hydrogen-bond acceptors (Lipinski definition) is 4. The van der Waals surface area contributed by atoms with Crippen LogP contribution >= 0.6 is 0 Å². The third-order valence-corrected chi connectivity index (χ3v) is 3.44. The zero-order chi connectivity index (χ0) is 16.2. The lowest BCUT2D eigenvalue weighted by atomic mass is 10.1. The Labute approximate surface area is 134 Å². The van der Waals surface area contributed by atoms with Crippen molar-refractivity contribution in [3.63, 3.8) is 0 Å². The molecule has 0 unspecified atom stereocenters. The minimum absolute atomic E-state index is 0.229. The van der Waals surface area contributed by atoms with Crippen molar-refractivity contribution in [2.45, 2.75) is 20.5 Å². The molecule has 0 aliphatic carbocycles. The van der Waals surface area contributed by atoms with Crippen molar-refractivity contribution in [1.29, 1.82) is 5.26 Å². The van der Waals surface area contributed by atoms with E-state index < -0.39 is 0 Å². The fourth-order valence-electron chi connectivity index (χ4n) is 2.47. The lowest BCUT2D eigenvalue weighted by molar-refractivity contribution is 0.297. The van der Waals surface area contributed by atoms with Crippen LogP contribution in [0.3, 0.4) is 0 Å². The average Bonchev–Trinajstić information content (AvgIpc) is 2.96. The van der Waals surface area contributed by atoms with Crippen LogP contribution in [0.2, 0.25) is 0 Å². The van der Waals surface area contributed by atoms with Crippen LogP contribution in [0, 0.1) is 25.2 Å². The highest BCUT2D eigenvalue weighted by atomic mass is 16.5. The zero-order valence-electron chi connectivity index (χ0n) is 13.0. The molecule has 0 saturated carbocycles. The lowest BCUT2D eigenvalue weighted by Gasteiger charge is -2.10. The molecule has 0 N–H and O–H groups in total. The molecule has 23 heavy (non-hydrogen) atoms. The normalized spacial score (nSPS) is 10.3. The van der Waals surface area contributed by atoms with Gasteiger partial charge in [-0.25, -0.2) is 4.68 Å². The van der Waals surface area contributed by atoms with Gasteiger partial charge in [0.25, 0.3) is 0 Å². The minimum atomic E-state index is 0.229. The van der Waals surface area contributed by atoms with Gasteiger partial charge in [0.15, 0.2) is 5.69 Å². The highest BCUT2D eigenvalue weighted by Crippen LogP contribution is 2.18. The largest absolute Gasteiger partial charge is 0.487 e. The first-order valence-electron chi connectivity index (χ1n) is 7.28. The Bertz CT molecular complexity index is 842. The lowest BCUT2D eigenvalue weighted by Crippen LogP contribution is -2.07. The third-order valence-electron chi connectivity index (χ3n) is 3.44. The van der Waals surface area contributed by atoms with Gasteiger partial charge in [-0.15, -0.1) is 5.10 Å². The predicted octanol–water partition coefficient (Wildman–Crippen LogP) is 3.33. The Morgan fingerprint density at radius 1 is 1.09 bits per heavy atom. The molecule has 3 aromatic rings. The Balaban J connectivity index is 1.96. The van der Waals surface area contributed by atoms with E-state index in [-0.39, 0.29) is 12.3 Å². The summed E-state index contributed by atoms with van der Waals surface area (Å²) in [7, 11) is 0. The van der Waals surface area contributed by atoms with Crippen LogP contribution in [0.15, 0.2) is 48.5 Å². The number of para-hydroxylation sites is 1. The predicted molar refractivity (Wildman–Crippen MR) is 86.3 cm³/mol. The van der Waals surface area contributed by atoms with Gasteiger partial charge in [0.05, 0.1) is 5.69 Å². The van der Waals surface area contributed by atoms with Crippen molar-refractivity contribution >= 4 is 0 Å². The monoisotopic (exact) mass is 304 g/mol. The third kappa shape index (κ3) is 3.22. The van der Waals surface area contributed by atoms with E-state index in [0.29, 0.717) is 5.69 Å². The van der Waals surface area contributed by atoms with Gasteiger partial charge in [-0.3, -0.25) is 0 Å². The summed E-state index contributed by atoms with van der Waals surface area (Å²) in [5, 5.41) is 17.3. The van der Waals surface area contributed by atoms with Crippen molar-refractivity contribution in [3.8, 4) is 17.5 Å². The van der Waals surface area contributed by atoms with E-state index in [0.717, 1.165) is 22.6 Å². The van der Waals surface area contributed by atoms with Gasteiger partial charge in [0.1, 0.15) is 24.1 Å². The summed E-state index contributed by atoms with van der Waals surface area (Å²) >= 11 is 0. The summed E-state index contributed by atoms with van der Waals surface area (Å²) in [5.41, 5.74) is 4.05. The smallest absolute Gasteiger partial charge is 0.189 e. The minimum Gasteiger partial charge on any atom is -0.487 e. The molecule has 0 aliphatic heterocycles. The van der Waals surface area contributed by atoms with Gasteiger partial charge in [0, 0.05) is 0 Å². The zero-order valence-corrected chi connectivity index (χ0v) is 13.0. The highest BCUT2D eigenvalue weighted by molar-refractivity contribution is 5.41. The van der Waals surface area contributed by atoms with E-state index >= 15 is 0 Å². The fourth-order valence-corrected chi connectivity index (χ4v) is 2.47. The molecule has 0 aliphatic rings. The Hall–Kier alpha value is -3.13. The summed E-state index contributed by atoms with van der Waals surface area (Å²) in [6.45, 7) is 4.28. The van der Waals surface area contributed by atoms with Crippen LogP contribution in [0.1, 0.15) is 22.5 Å². The quantitative estimate of drug-likeness (QED) is 0.741. The molecule has 5 heteroatoms. The Morgan fingerprint density at radius 3 is 2.43 bits per heavy atom. The number of aromatic nitrogens is 3. The number of benzene rings is 2. The van der Waals surface area contributed by atoms with Gasteiger partial charge in [-0.2, -0.15) is 5.26 Å². The van der Waals surface area contributed by atoms with Crippen molar-refractivity contribution in [2.24, 2.45) is 0 Å². The molecule has 0 radical (unpaired) electrons. The van der Waals surface area contributed by atoms with E-state index in [1.54, 1.807) is 4.68 Å². The van der Waals surface area contributed by atoms with Gasteiger partial charge in [0.2, 0.25) is 0 Å². The first-order chi connectivity index (χ1) is 11.2. The van der Waals surface area contributed by atoms with Gasteiger partial charge in [-0.05, 0) is 49.2 Å². The number of rotatable bonds is 4. The van der Waals surface area contributed by atoms with Crippen LogP contribution < -0.4 is 4.74 Å². The first kappa shape index (κ1) is 14.8. The van der Waals surface area contributed by atoms with E-state index in [9.17, 15) is 5.26 Å². The van der Waals surface area contributed by atoms with Crippen molar-refractivity contribution < 1.29 is 4.74 Å². The maximum absolute atomic E-state index is 9.26. The van der Waals surface area contributed by atoms with Crippen LogP contribution in [0.25, 0.3) is 5.69 Å². The fraction of sp³-hybridized carbons (Fsp3) is 0.167. The second-order valence-electron chi connectivity index (χ2n) is 5.36. The van der Waals surface area contributed by atoms with Crippen molar-refractivity contribution in [1.82, 2.24) is 15.0 Å². The number of hydrogen-bond donors (Lipinski definition) is 0. The van der Waals surface area contributed by atoms with Crippen LogP contribution in [0.5, 0.6) is 5.75 Å². The number of aryl methyl sites for hydroxylation is 2. The molecule has 0 bridgehead atoms. The van der Waals surface area contributed by atoms with Gasteiger partial charge in [-0.1, -0.05) is 29.5 Å². The van der Waals surface area contributed by atoms with Gasteiger partial charge < -0.3 is 4.74 Å². The molecular weight excluding hydrogens is 288 g/mol. The molecule has 3 rings (SSSR count).